The van der Waals surface area contributed by atoms with Gasteiger partial charge < -0.3 is 10.3 Å². The maximum Gasteiger partial charge on any atom is 0.266 e. The summed E-state index contributed by atoms with van der Waals surface area (Å²) in [6.07, 6.45) is 2.96. The lowest BCUT2D eigenvalue weighted by molar-refractivity contribution is 0.629. The standard InChI is InChI=1S/C22H18FN7O/c1-12-4-3-5-15(8-12)30-21(29-17-7-6-14(23)9-16(17)22(30)31)13(2)28-20-18-19(25-10-24-18)26-11-27-20/h3-11,13H,1-2H3,(H2,24,25,26,27,28). The van der Waals surface area contributed by atoms with Crippen molar-refractivity contribution in [1.29, 1.82) is 0 Å². The number of fused-ring (bicyclic) bond motifs is 2. The molecule has 0 aliphatic heterocycles. The Bertz CT molecular complexity index is 1490. The Morgan fingerprint density at radius 3 is 2.84 bits per heavy atom. The van der Waals surface area contributed by atoms with Crippen LogP contribution in [0.15, 0.2) is 59.9 Å². The van der Waals surface area contributed by atoms with E-state index >= 15 is 0 Å². The van der Waals surface area contributed by atoms with Gasteiger partial charge in [0.1, 0.15) is 23.5 Å². The largest absolute Gasteiger partial charge is 0.358 e. The molecule has 1 unspecified atom stereocenters. The topological polar surface area (TPSA) is 101 Å². The Morgan fingerprint density at radius 1 is 1.13 bits per heavy atom. The fraction of sp³-hybridized carbons (Fsp3) is 0.136. The van der Waals surface area contributed by atoms with Gasteiger partial charge in [-0.15, -0.1) is 0 Å². The Morgan fingerprint density at radius 2 is 2.00 bits per heavy atom. The normalized spacial score (nSPS) is 12.4. The van der Waals surface area contributed by atoms with Gasteiger partial charge in [0, 0.05) is 0 Å². The average Bonchev–Trinajstić information content (AvgIpc) is 3.24. The second-order valence-corrected chi connectivity index (χ2v) is 7.30. The van der Waals surface area contributed by atoms with Crippen LogP contribution in [-0.2, 0) is 0 Å². The lowest BCUT2D eigenvalue weighted by Gasteiger charge is -2.20. The molecule has 0 aliphatic carbocycles. The zero-order valence-electron chi connectivity index (χ0n) is 16.8. The molecule has 2 aromatic carbocycles. The summed E-state index contributed by atoms with van der Waals surface area (Å²) in [5.41, 5.74) is 2.91. The number of hydrogen-bond acceptors (Lipinski definition) is 6. The van der Waals surface area contributed by atoms with Gasteiger partial charge >= 0.3 is 0 Å². The summed E-state index contributed by atoms with van der Waals surface area (Å²) in [6.45, 7) is 3.83. The van der Waals surface area contributed by atoms with E-state index in [1.54, 1.807) is 6.33 Å². The van der Waals surface area contributed by atoms with E-state index in [-0.39, 0.29) is 10.9 Å². The van der Waals surface area contributed by atoms with Crippen LogP contribution >= 0.6 is 0 Å². The molecule has 0 saturated carbocycles. The van der Waals surface area contributed by atoms with Gasteiger partial charge in [-0.2, -0.15) is 0 Å². The molecular formula is C22H18FN7O. The van der Waals surface area contributed by atoms with E-state index in [9.17, 15) is 9.18 Å². The molecule has 8 nitrogen and oxygen atoms in total. The molecule has 0 saturated heterocycles. The molecule has 0 radical (unpaired) electrons. The predicted molar refractivity (Wildman–Crippen MR) is 116 cm³/mol. The lowest BCUT2D eigenvalue weighted by atomic mass is 10.1. The molecular weight excluding hydrogens is 397 g/mol. The maximum atomic E-state index is 13.9. The third-order valence-electron chi connectivity index (χ3n) is 5.08. The smallest absolute Gasteiger partial charge is 0.266 e. The highest BCUT2D eigenvalue weighted by Gasteiger charge is 2.20. The number of benzene rings is 2. The Balaban J connectivity index is 1.71. The SMILES string of the molecule is Cc1cccc(-n2c(C(C)Nc3ncnc4nc[nH]c34)nc3ccc(F)cc3c2=O)c1. The fourth-order valence-corrected chi connectivity index (χ4v) is 3.63. The molecule has 5 rings (SSSR count). The first kappa shape index (κ1) is 18.9. The molecule has 154 valence electrons. The van der Waals surface area contributed by atoms with Crippen LogP contribution in [-0.4, -0.2) is 29.5 Å². The van der Waals surface area contributed by atoms with Crippen LogP contribution in [0.25, 0.3) is 27.8 Å². The predicted octanol–water partition coefficient (Wildman–Crippen LogP) is 3.67. The summed E-state index contributed by atoms with van der Waals surface area (Å²) in [5, 5.41) is 3.51. The minimum Gasteiger partial charge on any atom is -0.358 e. The van der Waals surface area contributed by atoms with Crippen LogP contribution < -0.4 is 10.9 Å². The van der Waals surface area contributed by atoms with E-state index in [2.05, 4.69) is 25.3 Å². The highest BCUT2D eigenvalue weighted by Crippen LogP contribution is 2.24. The maximum absolute atomic E-state index is 13.9. The molecule has 5 aromatic rings. The van der Waals surface area contributed by atoms with Crippen molar-refractivity contribution in [2.24, 2.45) is 0 Å². The number of rotatable bonds is 4. The number of nitrogens with one attached hydrogen (secondary N) is 2. The third-order valence-corrected chi connectivity index (χ3v) is 5.08. The number of aromatic amines is 1. The van der Waals surface area contributed by atoms with Crippen LogP contribution in [0.3, 0.4) is 0 Å². The van der Waals surface area contributed by atoms with Crippen molar-refractivity contribution in [1.82, 2.24) is 29.5 Å². The Kier molecular flexibility index (Phi) is 4.43. The van der Waals surface area contributed by atoms with Gasteiger partial charge in [0.25, 0.3) is 5.56 Å². The molecule has 2 N–H and O–H groups in total. The summed E-state index contributed by atoms with van der Waals surface area (Å²) in [5.74, 6) is 0.531. The monoisotopic (exact) mass is 415 g/mol. The first-order valence-electron chi connectivity index (χ1n) is 9.71. The zero-order valence-corrected chi connectivity index (χ0v) is 16.8. The first-order valence-corrected chi connectivity index (χ1v) is 9.71. The molecule has 0 spiro atoms. The number of anilines is 1. The van der Waals surface area contributed by atoms with Crippen molar-refractivity contribution < 1.29 is 4.39 Å². The van der Waals surface area contributed by atoms with Crippen molar-refractivity contribution in [3.63, 3.8) is 0 Å². The van der Waals surface area contributed by atoms with Crippen molar-refractivity contribution >= 4 is 27.9 Å². The molecule has 0 aliphatic rings. The number of H-pyrrole nitrogens is 1. The van der Waals surface area contributed by atoms with Crippen molar-refractivity contribution in [2.45, 2.75) is 19.9 Å². The van der Waals surface area contributed by atoms with Gasteiger partial charge in [-0.25, -0.2) is 24.3 Å². The number of hydrogen-bond donors (Lipinski definition) is 2. The van der Waals surface area contributed by atoms with Crippen molar-refractivity contribution in [3.05, 3.63) is 82.7 Å². The lowest BCUT2D eigenvalue weighted by Crippen LogP contribution is -2.27. The van der Waals surface area contributed by atoms with E-state index in [0.29, 0.717) is 34.0 Å². The minimum atomic E-state index is -0.483. The average molecular weight is 415 g/mol. The van der Waals surface area contributed by atoms with Crippen molar-refractivity contribution in [3.8, 4) is 5.69 Å². The number of aryl methyl sites for hydroxylation is 1. The van der Waals surface area contributed by atoms with E-state index in [1.807, 2.05) is 38.1 Å². The first-order chi connectivity index (χ1) is 15.0. The minimum absolute atomic E-state index is 0.218. The quantitative estimate of drug-likeness (QED) is 0.464. The molecule has 9 heteroatoms. The summed E-state index contributed by atoms with van der Waals surface area (Å²) < 4.78 is 15.4. The highest BCUT2D eigenvalue weighted by atomic mass is 19.1. The molecule has 31 heavy (non-hydrogen) atoms. The van der Waals surface area contributed by atoms with Gasteiger partial charge in [-0.3, -0.25) is 9.36 Å². The summed E-state index contributed by atoms with van der Waals surface area (Å²) in [4.78, 5) is 33.7. The molecule has 3 aromatic heterocycles. The van der Waals surface area contributed by atoms with Gasteiger partial charge in [-0.1, -0.05) is 12.1 Å². The molecule has 3 heterocycles. The van der Waals surface area contributed by atoms with Crippen LogP contribution in [0.1, 0.15) is 24.4 Å². The summed E-state index contributed by atoms with van der Waals surface area (Å²) in [7, 11) is 0. The van der Waals surface area contributed by atoms with Crippen LogP contribution in [0.2, 0.25) is 0 Å². The van der Waals surface area contributed by atoms with E-state index < -0.39 is 11.9 Å². The molecule has 0 amide bonds. The summed E-state index contributed by atoms with van der Waals surface area (Å²) >= 11 is 0. The summed E-state index contributed by atoms with van der Waals surface area (Å²) in [6, 6.07) is 11.2. The number of aromatic nitrogens is 6. The second-order valence-electron chi connectivity index (χ2n) is 7.30. The van der Waals surface area contributed by atoms with Crippen molar-refractivity contribution in [2.75, 3.05) is 5.32 Å². The van der Waals surface area contributed by atoms with Crippen LogP contribution in [0, 0.1) is 12.7 Å². The molecule has 0 fully saturated rings. The molecule has 1 atom stereocenters. The second kappa shape index (κ2) is 7.28. The zero-order chi connectivity index (χ0) is 21.5. The van der Waals surface area contributed by atoms with E-state index in [4.69, 9.17) is 4.98 Å². The number of halogens is 1. The van der Waals surface area contributed by atoms with Gasteiger partial charge in [0.15, 0.2) is 11.5 Å². The Labute approximate surface area is 175 Å². The third kappa shape index (κ3) is 3.29. The number of nitrogens with zero attached hydrogens (tertiary/aromatic N) is 5. The fourth-order valence-electron chi connectivity index (χ4n) is 3.63. The Hall–Kier alpha value is -4.14. The van der Waals surface area contributed by atoms with Crippen LogP contribution in [0.5, 0.6) is 0 Å². The van der Waals surface area contributed by atoms with Gasteiger partial charge in [0.05, 0.1) is 29.0 Å². The highest BCUT2D eigenvalue weighted by molar-refractivity contribution is 5.82. The van der Waals surface area contributed by atoms with E-state index in [1.165, 1.54) is 29.1 Å². The van der Waals surface area contributed by atoms with Gasteiger partial charge in [-0.05, 0) is 49.7 Å². The number of imidazole rings is 1. The van der Waals surface area contributed by atoms with Gasteiger partial charge in [0.2, 0.25) is 0 Å². The molecule has 0 bridgehead atoms. The van der Waals surface area contributed by atoms with E-state index in [0.717, 1.165) is 5.56 Å². The van der Waals surface area contributed by atoms with Crippen LogP contribution in [0.4, 0.5) is 10.2 Å².